The number of anilines is 1. The molecule has 2 N–H and O–H groups in total. The Bertz CT molecular complexity index is 1390. The second kappa shape index (κ2) is 6.56. The molecule has 4 aromatic rings. The highest BCUT2D eigenvalue weighted by Crippen LogP contribution is 2.37. The van der Waals surface area contributed by atoms with Crippen molar-refractivity contribution in [2.75, 3.05) is 5.32 Å². The maximum Gasteiger partial charge on any atom is 0.228 e. The number of aromatic hydroxyl groups is 1. The molecular weight excluding hydrogens is 378 g/mol. The van der Waals surface area contributed by atoms with Gasteiger partial charge in [0, 0.05) is 29.1 Å². The van der Waals surface area contributed by atoms with Crippen LogP contribution >= 0.6 is 0 Å². The van der Waals surface area contributed by atoms with Crippen LogP contribution in [-0.2, 0) is 4.79 Å². The van der Waals surface area contributed by atoms with Crippen molar-refractivity contribution in [2.45, 2.75) is 26.7 Å². The minimum atomic E-state index is -0.0214. The summed E-state index contributed by atoms with van der Waals surface area (Å²) in [6.07, 6.45) is 5.05. The standard InChI is InChI=1S/C23H19N5O2/c1-12-3-6-19(29)13(2)21(12)17-7-15-10-25-20(27-23(30)14-4-5-14)8-18(15)28-16(9-24)11-26-22(17)28/h3,6-8,10-11,14,29H,4-5H2,1-2H3,(H,25,27,30). The predicted octanol–water partition coefficient (Wildman–Crippen LogP) is 4.09. The highest BCUT2D eigenvalue weighted by molar-refractivity contribution is 5.97. The number of nitrogens with zero attached hydrogens (tertiary/aromatic N) is 4. The molecule has 1 saturated carbocycles. The molecule has 1 aliphatic rings. The third kappa shape index (κ3) is 2.77. The second-order valence-corrected chi connectivity index (χ2v) is 7.77. The maximum absolute atomic E-state index is 12.1. The Hall–Kier alpha value is -3.92. The molecule has 148 valence electrons. The fourth-order valence-electron chi connectivity index (χ4n) is 3.92. The minimum absolute atomic E-state index is 0.0214. The Morgan fingerprint density at radius 2 is 2.03 bits per heavy atom. The number of pyridine rings is 2. The molecule has 3 heterocycles. The number of rotatable bonds is 3. The van der Waals surface area contributed by atoms with Gasteiger partial charge in [0.15, 0.2) is 0 Å². The number of fused-ring (bicyclic) bond motifs is 3. The van der Waals surface area contributed by atoms with E-state index in [-0.39, 0.29) is 17.6 Å². The zero-order valence-corrected chi connectivity index (χ0v) is 16.6. The lowest BCUT2D eigenvalue weighted by atomic mass is 9.95. The number of hydrogen-bond donors (Lipinski definition) is 2. The van der Waals surface area contributed by atoms with Crippen molar-refractivity contribution in [3.63, 3.8) is 0 Å². The number of phenolic OH excluding ortho intramolecular Hbond substituents is 1. The predicted molar refractivity (Wildman–Crippen MR) is 113 cm³/mol. The van der Waals surface area contributed by atoms with Gasteiger partial charge in [0.1, 0.15) is 29.0 Å². The van der Waals surface area contributed by atoms with E-state index >= 15 is 0 Å². The van der Waals surface area contributed by atoms with Gasteiger partial charge in [-0.2, -0.15) is 5.26 Å². The number of aryl methyl sites for hydroxylation is 1. The van der Waals surface area contributed by atoms with Crippen LogP contribution in [0.5, 0.6) is 5.75 Å². The Labute approximate surface area is 172 Å². The molecule has 7 heteroatoms. The van der Waals surface area contributed by atoms with E-state index in [0.29, 0.717) is 17.2 Å². The van der Waals surface area contributed by atoms with Gasteiger partial charge in [0.25, 0.3) is 0 Å². The number of hydrogen-bond acceptors (Lipinski definition) is 5. The van der Waals surface area contributed by atoms with Gasteiger partial charge in [-0.1, -0.05) is 6.07 Å². The largest absolute Gasteiger partial charge is 0.508 e. The van der Waals surface area contributed by atoms with Crippen LogP contribution in [0, 0.1) is 31.1 Å². The first-order valence-corrected chi connectivity index (χ1v) is 9.78. The van der Waals surface area contributed by atoms with Gasteiger partial charge in [-0.15, -0.1) is 0 Å². The van der Waals surface area contributed by atoms with E-state index in [2.05, 4.69) is 21.4 Å². The Balaban J connectivity index is 1.78. The zero-order chi connectivity index (χ0) is 21.0. The molecule has 0 atom stereocenters. The molecule has 30 heavy (non-hydrogen) atoms. The van der Waals surface area contributed by atoms with E-state index in [0.717, 1.165) is 46.0 Å². The van der Waals surface area contributed by atoms with Crippen molar-refractivity contribution in [2.24, 2.45) is 5.92 Å². The summed E-state index contributed by atoms with van der Waals surface area (Å²) >= 11 is 0. The number of imidazole rings is 1. The molecule has 5 rings (SSSR count). The number of phenols is 1. The molecule has 7 nitrogen and oxygen atoms in total. The summed E-state index contributed by atoms with van der Waals surface area (Å²) in [5.74, 6) is 0.712. The molecule has 1 amide bonds. The van der Waals surface area contributed by atoms with Crippen LogP contribution in [-0.4, -0.2) is 25.4 Å². The van der Waals surface area contributed by atoms with Crippen LogP contribution in [0.2, 0.25) is 0 Å². The Morgan fingerprint density at radius 3 is 2.77 bits per heavy atom. The van der Waals surface area contributed by atoms with E-state index < -0.39 is 0 Å². The Kier molecular flexibility index (Phi) is 3.97. The first-order valence-electron chi connectivity index (χ1n) is 9.78. The van der Waals surface area contributed by atoms with Gasteiger partial charge < -0.3 is 10.4 Å². The average Bonchev–Trinajstić information content (AvgIpc) is 3.50. The molecule has 0 aliphatic heterocycles. The number of amides is 1. The summed E-state index contributed by atoms with van der Waals surface area (Å²) in [6.45, 7) is 3.84. The van der Waals surface area contributed by atoms with Crippen molar-refractivity contribution in [3.8, 4) is 22.9 Å². The number of aromatic nitrogens is 3. The molecular formula is C23H19N5O2. The van der Waals surface area contributed by atoms with Crippen LogP contribution in [0.4, 0.5) is 5.82 Å². The van der Waals surface area contributed by atoms with Crippen LogP contribution in [0.15, 0.2) is 36.7 Å². The summed E-state index contributed by atoms with van der Waals surface area (Å²) in [7, 11) is 0. The fourth-order valence-corrected chi connectivity index (χ4v) is 3.92. The molecule has 0 radical (unpaired) electrons. The first-order chi connectivity index (χ1) is 14.5. The molecule has 0 spiro atoms. The number of nitriles is 1. The van der Waals surface area contributed by atoms with E-state index in [1.807, 2.05) is 26.0 Å². The fraction of sp³-hybridized carbons (Fsp3) is 0.217. The lowest BCUT2D eigenvalue weighted by Gasteiger charge is -2.15. The number of carbonyl (C=O) groups excluding carboxylic acids is 1. The van der Waals surface area contributed by atoms with E-state index in [1.165, 1.54) is 6.20 Å². The Morgan fingerprint density at radius 1 is 1.23 bits per heavy atom. The highest BCUT2D eigenvalue weighted by atomic mass is 16.3. The van der Waals surface area contributed by atoms with Crippen LogP contribution in [0.3, 0.4) is 0 Å². The van der Waals surface area contributed by atoms with Gasteiger partial charge in [-0.05, 0) is 55.5 Å². The lowest BCUT2D eigenvalue weighted by molar-refractivity contribution is -0.117. The molecule has 3 aromatic heterocycles. The van der Waals surface area contributed by atoms with Crippen molar-refractivity contribution in [1.82, 2.24) is 14.4 Å². The van der Waals surface area contributed by atoms with Gasteiger partial charge in [0.05, 0.1) is 11.7 Å². The number of nitrogens with one attached hydrogen (secondary N) is 1. The van der Waals surface area contributed by atoms with Crippen molar-refractivity contribution in [3.05, 3.63) is 53.5 Å². The SMILES string of the molecule is Cc1ccc(O)c(C)c1-c1cc2cnc(NC(=O)C3CC3)cc2n2c(C#N)cnc12. The van der Waals surface area contributed by atoms with Crippen LogP contribution in [0.25, 0.3) is 27.7 Å². The maximum atomic E-state index is 12.1. The number of carbonyl (C=O) groups is 1. The van der Waals surface area contributed by atoms with Gasteiger partial charge in [0.2, 0.25) is 5.91 Å². The van der Waals surface area contributed by atoms with Crippen molar-refractivity contribution in [1.29, 1.82) is 5.26 Å². The monoisotopic (exact) mass is 397 g/mol. The second-order valence-electron chi connectivity index (χ2n) is 7.77. The van der Waals surface area contributed by atoms with Gasteiger partial charge in [-0.25, -0.2) is 9.97 Å². The third-order valence-electron chi connectivity index (χ3n) is 5.68. The summed E-state index contributed by atoms with van der Waals surface area (Å²) in [4.78, 5) is 21.1. The lowest BCUT2D eigenvalue weighted by Crippen LogP contribution is -2.14. The highest BCUT2D eigenvalue weighted by Gasteiger charge is 2.30. The third-order valence-corrected chi connectivity index (χ3v) is 5.68. The van der Waals surface area contributed by atoms with Crippen LogP contribution < -0.4 is 5.32 Å². The van der Waals surface area contributed by atoms with E-state index in [4.69, 9.17) is 0 Å². The molecule has 1 aliphatic carbocycles. The minimum Gasteiger partial charge on any atom is -0.508 e. The van der Waals surface area contributed by atoms with Crippen molar-refractivity contribution >= 4 is 28.3 Å². The zero-order valence-electron chi connectivity index (χ0n) is 16.6. The number of benzene rings is 1. The first kappa shape index (κ1) is 18.1. The molecule has 0 bridgehead atoms. The van der Waals surface area contributed by atoms with Gasteiger partial charge >= 0.3 is 0 Å². The molecule has 0 saturated heterocycles. The molecule has 0 unspecified atom stereocenters. The van der Waals surface area contributed by atoms with Crippen LogP contribution in [0.1, 0.15) is 29.7 Å². The van der Waals surface area contributed by atoms with E-state index in [1.54, 1.807) is 22.7 Å². The van der Waals surface area contributed by atoms with E-state index in [9.17, 15) is 15.2 Å². The normalized spacial score (nSPS) is 13.5. The smallest absolute Gasteiger partial charge is 0.228 e. The van der Waals surface area contributed by atoms with Gasteiger partial charge in [-0.3, -0.25) is 9.20 Å². The van der Waals surface area contributed by atoms with Crippen molar-refractivity contribution < 1.29 is 9.90 Å². The summed E-state index contributed by atoms with van der Waals surface area (Å²) in [6, 6.07) is 9.47. The molecule has 1 fully saturated rings. The summed E-state index contributed by atoms with van der Waals surface area (Å²) in [5.41, 5.74) is 5.17. The quantitative estimate of drug-likeness (QED) is 0.542. The molecule has 1 aromatic carbocycles. The average molecular weight is 397 g/mol. The summed E-state index contributed by atoms with van der Waals surface area (Å²) in [5, 5.41) is 23.6. The summed E-state index contributed by atoms with van der Waals surface area (Å²) < 4.78 is 1.78. The topological polar surface area (TPSA) is 103 Å².